The maximum absolute atomic E-state index is 10.9. The first kappa shape index (κ1) is 13.9. The third-order valence-corrected chi connectivity index (χ3v) is 3.57. The fraction of sp³-hybridized carbons (Fsp3) is 0.231. The monoisotopic (exact) mass is 305 g/mol. The number of pyridine rings is 1. The highest BCUT2D eigenvalue weighted by Crippen LogP contribution is 2.38. The molecule has 3 rings (SSSR count). The summed E-state index contributed by atoms with van der Waals surface area (Å²) in [5.41, 5.74) is 1.50. The van der Waals surface area contributed by atoms with Crippen LogP contribution in [-0.2, 0) is 0 Å². The van der Waals surface area contributed by atoms with Gasteiger partial charge in [0.15, 0.2) is 11.8 Å². The van der Waals surface area contributed by atoms with E-state index in [0.29, 0.717) is 23.9 Å². The first-order chi connectivity index (χ1) is 10.5. The third kappa shape index (κ3) is 2.12. The minimum absolute atomic E-state index is 0.00161. The van der Waals surface area contributed by atoms with Crippen molar-refractivity contribution < 1.29 is 24.3 Å². The molecule has 3 heterocycles. The van der Waals surface area contributed by atoms with Crippen molar-refractivity contribution >= 4 is 28.5 Å². The lowest BCUT2D eigenvalue weighted by Crippen LogP contribution is -2.33. The normalized spacial score (nSPS) is 14.9. The van der Waals surface area contributed by atoms with E-state index in [4.69, 9.17) is 9.52 Å². The van der Waals surface area contributed by atoms with E-state index in [1.54, 1.807) is 6.08 Å². The Morgan fingerprint density at radius 3 is 2.86 bits per heavy atom. The van der Waals surface area contributed by atoms with Gasteiger partial charge in [-0.25, -0.2) is 4.79 Å². The predicted octanol–water partition coefficient (Wildman–Crippen LogP) is 2.21. The van der Waals surface area contributed by atoms with Crippen LogP contribution in [0.1, 0.15) is 12.0 Å². The van der Waals surface area contributed by atoms with Crippen LogP contribution in [0, 0.1) is 10.1 Å². The highest BCUT2D eigenvalue weighted by molar-refractivity contribution is 5.95. The zero-order valence-electron chi connectivity index (χ0n) is 11.2. The quantitative estimate of drug-likeness (QED) is 0.642. The fourth-order valence-corrected chi connectivity index (χ4v) is 2.44. The second-order valence-electron chi connectivity index (χ2n) is 4.79. The van der Waals surface area contributed by atoms with Crippen molar-refractivity contribution in [3.05, 3.63) is 34.2 Å². The van der Waals surface area contributed by atoms with Crippen molar-refractivity contribution in [3.8, 4) is 5.75 Å². The van der Waals surface area contributed by atoms with Crippen LogP contribution in [-0.4, -0.2) is 44.2 Å². The number of amides is 1. The van der Waals surface area contributed by atoms with Gasteiger partial charge in [0.1, 0.15) is 0 Å². The molecule has 0 aromatic carbocycles. The molecule has 9 nitrogen and oxygen atoms in total. The Morgan fingerprint density at radius 1 is 1.50 bits per heavy atom. The highest BCUT2D eigenvalue weighted by atomic mass is 16.6. The molecule has 22 heavy (non-hydrogen) atoms. The van der Waals surface area contributed by atoms with Crippen molar-refractivity contribution in [2.45, 2.75) is 6.42 Å². The summed E-state index contributed by atoms with van der Waals surface area (Å²) in [7, 11) is 0. The van der Waals surface area contributed by atoms with Gasteiger partial charge in [-0.1, -0.05) is 6.08 Å². The molecular formula is C13H11N3O6. The highest BCUT2D eigenvalue weighted by Gasteiger charge is 2.25. The van der Waals surface area contributed by atoms with Crippen molar-refractivity contribution in [3.63, 3.8) is 0 Å². The van der Waals surface area contributed by atoms with Crippen molar-refractivity contribution in [1.82, 2.24) is 9.88 Å². The Labute approximate surface area is 123 Å². The zero-order chi connectivity index (χ0) is 15.9. The van der Waals surface area contributed by atoms with Gasteiger partial charge in [-0.2, -0.15) is 0 Å². The van der Waals surface area contributed by atoms with E-state index in [1.807, 2.05) is 0 Å². The number of furan rings is 1. The first-order valence-electron chi connectivity index (χ1n) is 6.40. The van der Waals surface area contributed by atoms with E-state index in [9.17, 15) is 20.0 Å². The SMILES string of the molecule is O=C(O)N1CC=C(c2coc3c(O)c([N+](=O)[O-])ncc23)CC1. The van der Waals surface area contributed by atoms with E-state index < -0.39 is 22.6 Å². The van der Waals surface area contributed by atoms with E-state index in [2.05, 4.69) is 4.98 Å². The molecule has 0 bridgehead atoms. The number of nitrogens with zero attached hydrogens (tertiary/aromatic N) is 3. The molecule has 0 aliphatic carbocycles. The number of hydrogen-bond donors (Lipinski definition) is 2. The minimum Gasteiger partial charge on any atom is -0.498 e. The van der Waals surface area contributed by atoms with Crippen molar-refractivity contribution in [1.29, 1.82) is 0 Å². The zero-order valence-corrected chi connectivity index (χ0v) is 11.2. The molecule has 0 saturated heterocycles. The third-order valence-electron chi connectivity index (χ3n) is 3.57. The smallest absolute Gasteiger partial charge is 0.410 e. The summed E-state index contributed by atoms with van der Waals surface area (Å²) >= 11 is 0. The maximum Gasteiger partial charge on any atom is 0.410 e. The largest absolute Gasteiger partial charge is 0.498 e. The molecule has 1 aliphatic heterocycles. The van der Waals surface area contributed by atoms with E-state index in [1.165, 1.54) is 17.4 Å². The standard InChI is InChI=1S/C13H11N3O6/c17-10-11-8(5-14-12(10)16(20)21)9(6-22-11)7-1-3-15(4-2-7)13(18)19/h1,5-6,17H,2-4H2,(H,18,19). The van der Waals surface area contributed by atoms with E-state index in [0.717, 1.165) is 5.57 Å². The second-order valence-corrected chi connectivity index (χ2v) is 4.79. The summed E-state index contributed by atoms with van der Waals surface area (Å²) < 4.78 is 5.23. The Morgan fingerprint density at radius 2 is 2.27 bits per heavy atom. The van der Waals surface area contributed by atoms with Gasteiger partial charge in [0, 0.05) is 18.7 Å². The Hall–Kier alpha value is -3.10. The van der Waals surface area contributed by atoms with Crippen LogP contribution < -0.4 is 0 Å². The van der Waals surface area contributed by atoms with Crippen LogP contribution >= 0.6 is 0 Å². The van der Waals surface area contributed by atoms with E-state index in [-0.39, 0.29) is 12.1 Å². The van der Waals surface area contributed by atoms with Gasteiger partial charge in [0.05, 0.1) is 11.6 Å². The molecule has 0 fully saturated rings. The molecule has 9 heteroatoms. The van der Waals surface area contributed by atoms with Gasteiger partial charge in [-0.3, -0.25) is 0 Å². The number of carbonyl (C=O) groups is 1. The molecule has 0 saturated carbocycles. The lowest BCUT2D eigenvalue weighted by atomic mass is 10.00. The Kier molecular flexibility index (Phi) is 3.17. The lowest BCUT2D eigenvalue weighted by molar-refractivity contribution is -0.390. The summed E-state index contributed by atoms with van der Waals surface area (Å²) in [6, 6.07) is 0. The number of carboxylic acid groups (broad SMARTS) is 1. The molecule has 1 amide bonds. The molecule has 2 aromatic heterocycles. The summed E-state index contributed by atoms with van der Waals surface area (Å²) in [6.45, 7) is 0.601. The van der Waals surface area contributed by atoms with Crippen LogP contribution in [0.25, 0.3) is 16.5 Å². The first-order valence-corrected chi connectivity index (χ1v) is 6.40. The maximum atomic E-state index is 10.9. The molecule has 0 spiro atoms. The van der Waals surface area contributed by atoms with Crippen molar-refractivity contribution in [2.75, 3.05) is 13.1 Å². The molecule has 2 N–H and O–H groups in total. The van der Waals surface area contributed by atoms with Gasteiger partial charge in [0.25, 0.3) is 5.75 Å². The van der Waals surface area contributed by atoms with Crippen LogP contribution in [0.5, 0.6) is 5.75 Å². The van der Waals surface area contributed by atoms with Gasteiger partial charge < -0.3 is 29.6 Å². The van der Waals surface area contributed by atoms with Gasteiger partial charge >= 0.3 is 11.9 Å². The average molecular weight is 305 g/mol. The molecule has 0 radical (unpaired) electrons. The molecule has 0 unspecified atom stereocenters. The summed E-state index contributed by atoms with van der Waals surface area (Å²) in [4.78, 5) is 25.7. The van der Waals surface area contributed by atoms with Gasteiger partial charge in [0.2, 0.25) is 0 Å². The molecule has 0 atom stereocenters. The predicted molar refractivity (Wildman–Crippen MR) is 74.5 cm³/mol. The Bertz CT molecular complexity index is 809. The second kappa shape index (κ2) is 5.02. The van der Waals surface area contributed by atoms with Crippen LogP contribution in [0.2, 0.25) is 0 Å². The van der Waals surface area contributed by atoms with Crippen molar-refractivity contribution in [2.24, 2.45) is 0 Å². The number of nitro groups is 1. The number of aromatic nitrogens is 1. The molecule has 114 valence electrons. The summed E-state index contributed by atoms with van der Waals surface area (Å²) in [5.74, 6) is -1.28. The molecule has 1 aliphatic rings. The van der Waals surface area contributed by atoms with Crippen LogP contribution in [0.3, 0.4) is 0 Å². The van der Waals surface area contributed by atoms with Gasteiger partial charge in [-0.15, -0.1) is 0 Å². The van der Waals surface area contributed by atoms with Gasteiger partial charge in [-0.05, 0) is 21.9 Å². The Balaban J connectivity index is 2.01. The number of fused-ring (bicyclic) bond motifs is 1. The summed E-state index contributed by atoms with van der Waals surface area (Å²) in [6.07, 6.45) is 3.91. The van der Waals surface area contributed by atoms with Crippen LogP contribution in [0.4, 0.5) is 10.6 Å². The number of rotatable bonds is 2. The number of aromatic hydroxyl groups is 1. The summed E-state index contributed by atoms with van der Waals surface area (Å²) in [5, 5.41) is 30.0. The molecular weight excluding hydrogens is 294 g/mol. The topological polar surface area (TPSA) is 130 Å². The number of hydrogen-bond acceptors (Lipinski definition) is 6. The molecule has 2 aromatic rings. The average Bonchev–Trinajstić information content (AvgIpc) is 2.92. The van der Waals surface area contributed by atoms with E-state index >= 15 is 0 Å². The minimum atomic E-state index is -0.984. The van der Waals surface area contributed by atoms with Crippen LogP contribution in [0.15, 0.2) is 23.0 Å². The fourth-order valence-electron chi connectivity index (χ4n) is 2.44. The lowest BCUT2D eigenvalue weighted by Gasteiger charge is -2.23.